The second-order valence-corrected chi connectivity index (χ2v) is 7.42. The van der Waals surface area contributed by atoms with Gasteiger partial charge in [-0.2, -0.15) is 0 Å². The average molecular weight is 430 g/mol. The van der Waals surface area contributed by atoms with E-state index in [1.165, 1.54) is 0 Å². The summed E-state index contributed by atoms with van der Waals surface area (Å²) >= 11 is 0. The van der Waals surface area contributed by atoms with Gasteiger partial charge in [0.05, 0.1) is 31.3 Å². The van der Waals surface area contributed by atoms with Crippen molar-refractivity contribution in [2.45, 2.75) is 25.9 Å². The van der Waals surface area contributed by atoms with Gasteiger partial charge in [0.15, 0.2) is 11.5 Å². The van der Waals surface area contributed by atoms with Crippen molar-refractivity contribution in [3.05, 3.63) is 90.3 Å². The van der Waals surface area contributed by atoms with Gasteiger partial charge in [0.2, 0.25) is 0 Å². The number of hydrogen-bond donors (Lipinski definition) is 1. The quantitative estimate of drug-likeness (QED) is 0.367. The highest BCUT2D eigenvalue weighted by atomic mass is 16.5. The van der Waals surface area contributed by atoms with Gasteiger partial charge in [0, 0.05) is 12.1 Å². The lowest BCUT2D eigenvalue weighted by Gasteiger charge is -2.12. The molecule has 1 N–H and O–H groups in total. The Labute approximate surface area is 187 Å². The largest absolute Gasteiger partial charge is 0.493 e. The Hall–Kier alpha value is -3.80. The van der Waals surface area contributed by atoms with Gasteiger partial charge in [-0.3, -0.25) is 4.79 Å². The number of para-hydroxylation sites is 4. The number of unbranched alkanes of at least 4 members (excludes halogenated alkanes) is 1. The highest BCUT2D eigenvalue weighted by molar-refractivity contribution is 5.94. The SMILES string of the molecule is COc1ccccc1OCCCCn1c(CNC(=O)c2ccccc2)nc2ccccc21. The molecule has 0 saturated heterocycles. The molecule has 0 aliphatic rings. The van der Waals surface area contributed by atoms with Gasteiger partial charge in [0.25, 0.3) is 5.91 Å². The summed E-state index contributed by atoms with van der Waals surface area (Å²) in [5.41, 5.74) is 2.65. The number of carbonyl (C=O) groups excluding carboxylic acids is 1. The average Bonchev–Trinajstić information content (AvgIpc) is 3.20. The molecule has 3 aromatic carbocycles. The van der Waals surface area contributed by atoms with Crippen LogP contribution >= 0.6 is 0 Å². The number of nitrogens with zero attached hydrogens (tertiary/aromatic N) is 2. The predicted octanol–water partition coefficient (Wildman–Crippen LogP) is 4.83. The number of benzene rings is 3. The highest BCUT2D eigenvalue weighted by Crippen LogP contribution is 2.26. The minimum Gasteiger partial charge on any atom is -0.493 e. The van der Waals surface area contributed by atoms with Gasteiger partial charge in [-0.25, -0.2) is 4.98 Å². The summed E-state index contributed by atoms with van der Waals surface area (Å²) in [6.07, 6.45) is 1.81. The van der Waals surface area contributed by atoms with Crippen LogP contribution in [0.1, 0.15) is 29.0 Å². The van der Waals surface area contributed by atoms with Crippen LogP contribution in [-0.4, -0.2) is 29.2 Å². The maximum atomic E-state index is 12.5. The predicted molar refractivity (Wildman–Crippen MR) is 125 cm³/mol. The first-order chi connectivity index (χ1) is 15.8. The summed E-state index contributed by atoms with van der Waals surface area (Å²) in [6.45, 7) is 1.78. The summed E-state index contributed by atoms with van der Waals surface area (Å²) in [7, 11) is 1.64. The maximum Gasteiger partial charge on any atom is 0.251 e. The lowest BCUT2D eigenvalue weighted by Crippen LogP contribution is -2.24. The van der Waals surface area contributed by atoms with Gasteiger partial charge >= 0.3 is 0 Å². The molecule has 0 bridgehead atoms. The Morgan fingerprint density at radius 3 is 2.44 bits per heavy atom. The summed E-state index contributed by atoms with van der Waals surface area (Å²) in [5.74, 6) is 2.24. The first-order valence-corrected chi connectivity index (χ1v) is 10.8. The number of ether oxygens (including phenoxy) is 2. The molecule has 6 nitrogen and oxygen atoms in total. The van der Waals surface area contributed by atoms with Crippen LogP contribution in [0.4, 0.5) is 0 Å². The van der Waals surface area contributed by atoms with Crippen molar-refractivity contribution in [2.75, 3.05) is 13.7 Å². The highest BCUT2D eigenvalue weighted by Gasteiger charge is 2.12. The summed E-state index contributed by atoms with van der Waals surface area (Å²) in [6, 6.07) is 24.9. The van der Waals surface area contributed by atoms with E-state index >= 15 is 0 Å². The van der Waals surface area contributed by atoms with Gasteiger partial charge in [-0.05, 0) is 49.2 Å². The minimum absolute atomic E-state index is 0.102. The van der Waals surface area contributed by atoms with Gasteiger partial charge in [0.1, 0.15) is 5.82 Å². The Morgan fingerprint density at radius 1 is 0.906 bits per heavy atom. The van der Waals surface area contributed by atoms with Crippen LogP contribution < -0.4 is 14.8 Å². The third kappa shape index (κ3) is 5.09. The summed E-state index contributed by atoms with van der Waals surface area (Å²) < 4.78 is 13.4. The number of aromatic nitrogens is 2. The molecule has 0 saturated carbocycles. The number of amides is 1. The maximum absolute atomic E-state index is 12.5. The Balaban J connectivity index is 1.37. The number of hydrogen-bond acceptors (Lipinski definition) is 4. The molecule has 0 aliphatic carbocycles. The first-order valence-electron chi connectivity index (χ1n) is 10.8. The van der Waals surface area contributed by atoms with Crippen molar-refractivity contribution in [2.24, 2.45) is 0 Å². The monoisotopic (exact) mass is 429 g/mol. The number of rotatable bonds is 10. The number of carbonyl (C=O) groups is 1. The van der Waals surface area contributed by atoms with Gasteiger partial charge < -0.3 is 19.4 Å². The van der Waals surface area contributed by atoms with Crippen molar-refractivity contribution in [3.63, 3.8) is 0 Å². The number of nitrogens with one attached hydrogen (secondary N) is 1. The molecule has 4 rings (SSSR count). The first kappa shape index (κ1) is 21.4. The number of fused-ring (bicyclic) bond motifs is 1. The van der Waals surface area contributed by atoms with Crippen molar-refractivity contribution < 1.29 is 14.3 Å². The lowest BCUT2D eigenvalue weighted by atomic mass is 10.2. The van der Waals surface area contributed by atoms with E-state index in [0.717, 1.165) is 47.7 Å². The molecule has 0 unspecified atom stereocenters. The van der Waals surface area contributed by atoms with E-state index in [9.17, 15) is 4.79 Å². The third-order valence-electron chi connectivity index (χ3n) is 5.28. The fourth-order valence-corrected chi connectivity index (χ4v) is 3.65. The van der Waals surface area contributed by atoms with E-state index in [1.807, 2.05) is 60.7 Å². The fourth-order valence-electron chi connectivity index (χ4n) is 3.65. The van der Waals surface area contributed by atoms with Crippen molar-refractivity contribution in [3.8, 4) is 11.5 Å². The Kier molecular flexibility index (Phi) is 7.02. The summed E-state index contributed by atoms with van der Waals surface area (Å²) in [4.78, 5) is 17.2. The van der Waals surface area contributed by atoms with Gasteiger partial charge in [-0.1, -0.05) is 42.5 Å². The van der Waals surface area contributed by atoms with Crippen LogP contribution in [0.5, 0.6) is 11.5 Å². The zero-order valence-corrected chi connectivity index (χ0v) is 18.2. The molecule has 1 aromatic heterocycles. The summed E-state index contributed by atoms with van der Waals surface area (Å²) in [5, 5.41) is 2.99. The van der Waals surface area contributed by atoms with E-state index in [-0.39, 0.29) is 5.91 Å². The fraction of sp³-hybridized carbons (Fsp3) is 0.231. The molecule has 0 fully saturated rings. The minimum atomic E-state index is -0.102. The van der Waals surface area contributed by atoms with Crippen LogP contribution in [0.15, 0.2) is 78.9 Å². The number of methoxy groups -OCH3 is 1. The van der Waals surface area contributed by atoms with Crippen LogP contribution in [0.3, 0.4) is 0 Å². The molecule has 0 radical (unpaired) electrons. The van der Waals surface area contributed by atoms with Crippen molar-refractivity contribution in [1.82, 2.24) is 14.9 Å². The molecule has 1 amide bonds. The molecule has 0 atom stereocenters. The molecule has 0 spiro atoms. The molecule has 1 heterocycles. The zero-order chi connectivity index (χ0) is 22.2. The van der Waals surface area contributed by atoms with E-state index in [0.29, 0.717) is 18.7 Å². The van der Waals surface area contributed by atoms with E-state index in [2.05, 4.69) is 16.0 Å². The number of aryl methyl sites for hydroxylation is 1. The zero-order valence-electron chi connectivity index (χ0n) is 18.2. The molecule has 0 aliphatic heterocycles. The van der Waals surface area contributed by atoms with Crippen LogP contribution in [0.2, 0.25) is 0 Å². The third-order valence-corrected chi connectivity index (χ3v) is 5.28. The second-order valence-electron chi connectivity index (χ2n) is 7.42. The van der Waals surface area contributed by atoms with E-state index in [1.54, 1.807) is 19.2 Å². The molecule has 32 heavy (non-hydrogen) atoms. The molecule has 6 heteroatoms. The molecular formula is C26H27N3O3. The van der Waals surface area contributed by atoms with Crippen molar-refractivity contribution in [1.29, 1.82) is 0 Å². The van der Waals surface area contributed by atoms with Crippen LogP contribution in [0.25, 0.3) is 11.0 Å². The standard InChI is InChI=1S/C26H27N3O3/c1-31-23-15-7-8-16-24(23)32-18-10-9-17-29-22-14-6-5-13-21(22)28-25(29)19-27-26(30)20-11-3-2-4-12-20/h2-8,11-16H,9-10,17-19H2,1H3,(H,27,30). The van der Waals surface area contributed by atoms with Gasteiger partial charge in [-0.15, -0.1) is 0 Å². The number of imidazole rings is 1. The molecule has 4 aromatic rings. The van der Waals surface area contributed by atoms with Crippen LogP contribution in [-0.2, 0) is 13.1 Å². The molecule has 164 valence electrons. The van der Waals surface area contributed by atoms with Crippen LogP contribution in [0, 0.1) is 0 Å². The normalized spacial score (nSPS) is 10.8. The lowest BCUT2D eigenvalue weighted by molar-refractivity contribution is 0.0949. The second kappa shape index (κ2) is 10.5. The Bertz CT molecular complexity index is 1170. The topological polar surface area (TPSA) is 65.4 Å². The molecular weight excluding hydrogens is 402 g/mol. The smallest absolute Gasteiger partial charge is 0.251 e. The van der Waals surface area contributed by atoms with E-state index < -0.39 is 0 Å². The van der Waals surface area contributed by atoms with Crippen molar-refractivity contribution >= 4 is 16.9 Å². The van der Waals surface area contributed by atoms with E-state index in [4.69, 9.17) is 14.5 Å². The Morgan fingerprint density at radius 2 is 1.62 bits per heavy atom.